The minimum Gasteiger partial charge on any atom is -0.504 e. The molecule has 2 rings (SSSR count). The molecule has 0 radical (unpaired) electrons. The minimum atomic E-state index is -0.387. The first-order valence-corrected chi connectivity index (χ1v) is 3.80. The summed E-state index contributed by atoms with van der Waals surface area (Å²) in [4.78, 5) is 10.3. The average molecular weight is 168 g/mol. The largest absolute Gasteiger partial charge is 0.504 e. The Balaban J connectivity index is 3.01. The molecule has 3 nitrogen and oxygen atoms in total. The highest BCUT2D eigenvalue weighted by molar-refractivity contribution is 7.16. The van der Waals surface area contributed by atoms with E-state index in [0.717, 1.165) is 11.3 Å². The first-order valence-electron chi connectivity index (χ1n) is 2.99. The Morgan fingerprint density at radius 2 is 2.27 bits per heavy atom. The third-order valence-corrected chi connectivity index (χ3v) is 2.13. The van der Waals surface area contributed by atoms with Crippen molar-refractivity contribution in [3.05, 3.63) is 27.9 Å². The Morgan fingerprint density at radius 1 is 1.45 bits per heavy atom. The van der Waals surface area contributed by atoms with Crippen LogP contribution in [0.3, 0.4) is 0 Å². The molecule has 0 aliphatic carbocycles. The summed E-state index contributed by atoms with van der Waals surface area (Å²) in [7, 11) is 0. The van der Waals surface area contributed by atoms with Gasteiger partial charge in [0.05, 0.1) is 4.70 Å². The average Bonchev–Trinajstić information content (AvgIpc) is 2.31. The third-order valence-electron chi connectivity index (χ3n) is 1.34. The van der Waals surface area contributed by atoms with Gasteiger partial charge in [-0.15, -0.1) is 0 Å². The maximum absolute atomic E-state index is 10.7. The lowest BCUT2D eigenvalue weighted by atomic mass is 10.3. The van der Waals surface area contributed by atoms with Crippen LogP contribution in [-0.4, -0.2) is 5.11 Å². The maximum Gasteiger partial charge on any atom is 0.396 e. The normalized spacial score (nSPS) is 10.5. The van der Waals surface area contributed by atoms with Crippen molar-refractivity contribution in [2.24, 2.45) is 0 Å². The monoisotopic (exact) mass is 168 g/mol. The maximum atomic E-state index is 10.7. The fourth-order valence-corrected chi connectivity index (χ4v) is 1.57. The molecule has 0 aliphatic rings. The smallest absolute Gasteiger partial charge is 0.396 e. The zero-order valence-corrected chi connectivity index (χ0v) is 6.22. The van der Waals surface area contributed by atoms with Gasteiger partial charge in [0.15, 0.2) is 11.3 Å². The summed E-state index contributed by atoms with van der Waals surface area (Å²) in [6.45, 7) is 0. The second-order valence-electron chi connectivity index (χ2n) is 2.06. The predicted octanol–water partition coefficient (Wildman–Crippen LogP) is 1.56. The van der Waals surface area contributed by atoms with Gasteiger partial charge in [0, 0.05) is 0 Å². The molecule has 11 heavy (non-hydrogen) atoms. The van der Waals surface area contributed by atoms with E-state index >= 15 is 0 Å². The van der Waals surface area contributed by atoms with Crippen molar-refractivity contribution in [1.82, 2.24) is 0 Å². The van der Waals surface area contributed by atoms with Crippen molar-refractivity contribution < 1.29 is 9.52 Å². The lowest BCUT2D eigenvalue weighted by Gasteiger charge is -1.88. The summed E-state index contributed by atoms with van der Waals surface area (Å²) in [5.41, 5.74) is 0.280. The molecule has 56 valence electrons. The molecule has 2 aromatic rings. The molecule has 1 N–H and O–H groups in total. The van der Waals surface area contributed by atoms with Crippen LogP contribution in [0.1, 0.15) is 0 Å². The zero-order chi connectivity index (χ0) is 7.84. The molecule has 0 bridgehead atoms. The van der Waals surface area contributed by atoms with E-state index in [2.05, 4.69) is 0 Å². The molecular formula is C7H4O3S. The molecule has 1 aromatic heterocycles. The van der Waals surface area contributed by atoms with Crippen LogP contribution in [0.2, 0.25) is 0 Å². The molecule has 4 heteroatoms. The van der Waals surface area contributed by atoms with Gasteiger partial charge >= 0.3 is 4.94 Å². The highest BCUT2D eigenvalue weighted by Gasteiger charge is 2.04. The van der Waals surface area contributed by atoms with Crippen molar-refractivity contribution in [3.8, 4) is 5.75 Å². The van der Waals surface area contributed by atoms with E-state index in [1.165, 1.54) is 6.07 Å². The third kappa shape index (κ3) is 0.914. The molecular weight excluding hydrogens is 164 g/mol. The van der Waals surface area contributed by atoms with Crippen LogP contribution in [0.5, 0.6) is 5.75 Å². The van der Waals surface area contributed by atoms with Crippen LogP contribution in [0.25, 0.3) is 10.3 Å². The Hall–Kier alpha value is -1.29. The van der Waals surface area contributed by atoms with Crippen molar-refractivity contribution in [1.29, 1.82) is 0 Å². The number of rotatable bonds is 0. The standard InChI is InChI=1S/C7H4O3S/c8-4-2-1-3-5-6(4)10-7(9)11-5/h1-3,8H. The lowest BCUT2D eigenvalue weighted by molar-refractivity contribution is 0.461. The molecule has 0 spiro atoms. The van der Waals surface area contributed by atoms with Crippen LogP contribution in [0, 0.1) is 0 Å². The summed E-state index contributed by atoms with van der Waals surface area (Å²) >= 11 is 0.984. The number of phenolic OH excluding ortho intramolecular Hbond substituents is 1. The van der Waals surface area contributed by atoms with Gasteiger partial charge in [-0.25, -0.2) is 4.79 Å². The molecule has 1 aromatic carbocycles. The number of aromatic hydroxyl groups is 1. The van der Waals surface area contributed by atoms with Gasteiger partial charge in [-0.1, -0.05) is 17.4 Å². The summed E-state index contributed by atoms with van der Waals surface area (Å²) in [5, 5.41) is 9.16. The Kier molecular flexibility index (Phi) is 1.22. The van der Waals surface area contributed by atoms with Crippen molar-refractivity contribution in [3.63, 3.8) is 0 Å². The summed E-state index contributed by atoms with van der Waals surface area (Å²) in [6.07, 6.45) is 0. The van der Waals surface area contributed by atoms with Gasteiger partial charge in [0.25, 0.3) is 0 Å². The van der Waals surface area contributed by atoms with Crippen LogP contribution in [0.4, 0.5) is 0 Å². The number of benzene rings is 1. The van der Waals surface area contributed by atoms with Gasteiger partial charge < -0.3 is 9.52 Å². The second-order valence-corrected chi connectivity index (χ2v) is 3.04. The van der Waals surface area contributed by atoms with E-state index in [1.54, 1.807) is 12.1 Å². The van der Waals surface area contributed by atoms with E-state index in [4.69, 9.17) is 9.52 Å². The minimum absolute atomic E-state index is 0.0147. The molecule has 0 aliphatic heterocycles. The molecule has 0 saturated heterocycles. The first-order chi connectivity index (χ1) is 5.27. The van der Waals surface area contributed by atoms with Crippen LogP contribution >= 0.6 is 11.3 Å². The molecule has 0 atom stereocenters. The van der Waals surface area contributed by atoms with Crippen LogP contribution in [-0.2, 0) is 0 Å². The number of hydrogen-bond donors (Lipinski definition) is 1. The number of hydrogen-bond acceptors (Lipinski definition) is 4. The van der Waals surface area contributed by atoms with E-state index < -0.39 is 0 Å². The molecule has 0 amide bonds. The zero-order valence-electron chi connectivity index (χ0n) is 5.40. The van der Waals surface area contributed by atoms with Gasteiger partial charge in [0.1, 0.15) is 0 Å². The molecule has 0 fully saturated rings. The summed E-state index contributed by atoms with van der Waals surface area (Å²) in [6, 6.07) is 4.88. The van der Waals surface area contributed by atoms with E-state index in [9.17, 15) is 4.79 Å². The van der Waals surface area contributed by atoms with Crippen molar-refractivity contribution in [2.75, 3.05) is 0 Å². The first kappa shape index (κ1) is 6.42. The number of para-hydroxylation sites is 1. The van der Waals surface area contributed by atoms with Crippen molar-refractivity contribution >= 4 is 21.6 Å². The van der Waals surface area contributed by atoms with E-state index in [-0.39, 0.29) is 16.3 Å². The fraction of sp³-hybridized carbons (Fsp3) is 0. The van der Waals surface area contributed by atoms with Gasteiger partial charge in [-0.2, -0.15) is 0 Å². The van der Waals surface area contributed by atoms with Gasteiger partial charge in [0.2, 0.25) is 0 Å². The van der Waals surface area contributed by atoms with E-state index in [0.29, 0.717) is 4.70 Å². The predicted molar refractivity (Wildman–Crippen MR) is 42.0 cm³/mol. The van der Waals surface area contributed by atoms with Crippen molar-refractivity contribution in [2.45, 2.75) is 0 Å². The highest BCUT2D eigenvalue weighted by atomic mass is 32.1. The Morgan fingerprint density at radius 3 is 3.00 bits per heavy atom. The molecule has 0 saturated carbocycles. The van der Waals surface area contributed by atoms with Crippen LogP contribution in [0.15, 0.2) is 27.4 Å². The van der Waals surface area contributed by atoms with Gasteiger partial charge in [-0.05, 0) is 12.1 Å². The quantitative estimate of drug-likeness (QED) is 0.649. The Labute approximate surface area is 65.5 Å². The van der Waals surface area contributed by atoms with Crippen LogP contribution < -0.4 is 4.94 Å². The summed E-state index contributed by atoms with van der Waals surface area (Å²) < 4.78 is 5.39. The molecule has 1 heterocycles. The Bertz CT molecular complexity index is 440. The topological polar surface area (TPSA) is 50.4 Å². The SMILES string of the molecule is O=c1oc2c(O)cccc2s1. The molecule has 0 unspecified atom stereocenters. The summed E-state index contributed by atoms with van der Waals surface area (Å²) in [5.74, 6) is 0.0147. The lowest BCUT2D eigenvalue weighted by Crippen LogP contribution is -1.79. The number of fused-ring (bicyclic) bond motifs is 1. The fourth-order valence-electron chi connectivity index (χ4n) is 0.881. The van der Waals surface area contributed by atoms with Gasteiger partial charge in [-0.3, -0.25) is 0 Å². The number of phenols is 1. The highest BCUT2D eigenvalue weighted by Crippen LogP contribution is 2.25. The second kappa shape index (κ2) is 2.10. The van der Waals surface area contributed by atoms with E-state index in [1.807, 2.05) is 0 Å².